The topological polar surface area (TPSA) is 78.9 Å². The molecule has 6 heteroatoms. The molecule has 0 aromatic heterocycles. The van der Waals surface area contributed by atoms with E-state index in [2.05, 4.69) is 57.2 Å². The number of unbranched alkanes of at least 4 members (excludes halogenated alkanes) is 51. The molecule has 0 spiro atoms. The highest BCUT2D eigenvalue weighted by atomic mass is 16.6. The van der Waals surface area contributed by atoms with Crippen molar-refractivity contribution in [3.8, 4) is 0 Å². The van der Waals surface area contributed by atoms with Gasteiger partial charge in [-0.3, -0.25) is 14.4 Å². The minimum Gasteiger partial charge on any atom is -0.462 e. The molecule has 0 aromatic carbocycles. The Balaban J connectivity index is 4.22. The SMILES string of the molecule is CCCCCCCC/C=C\CCCCCCCCCCCC(=O)OC(COC(=O)CCCCCCC/C=C\CCCCCCCC)COC(=O)CCCCCCCCCCCCCCCCCCC/C=C\CCCCCCCCCC. The van der Waals surface area contributed by atoms with Crippen LogP contribution in [-0.4, -0.2) is 37.2 Å². The molecule has 0 aliphatic carbocycles. The van der Waals surface area contributed by atoms with Crippen LogP contribution in [-0.2, 0) is 28.6 Å². The van der Waals surface area contributed by atoms with Crippen molar-refractivity contribution in [2.75, 3.05) is 13.2 Å². The van der Waals surface area contributed by atoms with Gasteiger partial charge in [0.2, 0.25) is 0 Å². The summed E-state index contributed by atoms with van der Waals surface area (Å²) in [6.07, 6.45) is 87.5. The number of carbonyl (C=O) groups excluding carboxylic acids is 3. The predicted molar refractivity (Wildman–Crippen MR) is 353 cm³/mol. The molecule has 0 aromatic rings. The Morgan fingerprint density at radius 1 is 0.235 bits per heavy atom. The Morgan fingerprint density at radius 2 is 0.407 bits per heavy atom. The van der Waals surface area contributed by atoms with Crippen molar-refractivity contribution >= 4 is 17.9 Å². The molecule has 0 bridgehead atoms. The molecule has 0 fully saturated rings. The fourth-order valence-corrected chi connectivity index (χ4v) is 11.1. The van der Waals surface area contributed by atoms with Gasteiger partial charge in [0.05, 0.1) is 0 Å². The van der Waals surface area contributed by atoms with E-state index < -0.39 is 6.10 Å². The molecular formula is C75H140O6. The van der Waals surface area contributed by atoms with E-state index in [1.165, 1.54) is 302 Å². The Morgan fingerprint density at radius 3 is 0.617 bits per heavy atom. The Hall–Kier alpha value is -2.37. The van der Waals surface area contributed by atoms with Crippen LogP contribution in [0.25, 0.3) is 0 Å². The summed E-state index contributed by atoms with van der Waals surface area (Å²) in [6.45, 7) is 6.70. The van der Waals surface area contributed by atoms with E-state index in [1.807, 2.05) is 0 Å². The van der Waals surface area contributed by atoms with Gasteiger partial charge in [0.15, 0.2) is 6.10 Å². The summed E-state index contributed by atoms with van der Waals surface area (Å²) in [5, 5.41) is 0. The van der Waals surface area contributed by atoms with E-state index in [0.717, 1.165) is 64.2 Å². The van der Waals surface area contributed by atoms with Crippen LogP contribution < -0.4 is 0 Å². The molecule has 0 amide bonds. The smallest absolute Gasteiger partial charge is 0.306 e. The lowest BCUT2D eigenvalue weighted by molar-refractivity contribution is -0.167. The molecule has 1 atom stereocenters. The van der Waals surface area contributed by atoms with Gasteiger partial charge < -0.3 is 14.2 Å². The molecule has 6 nitrogen and oxygen atoms in total. The Kier molecular flexibility index (Phi) is 68.1. The van der Waals surface area contributed by atoms with E-state index in [4.69, 9.17) is 14.2 Å². The molecular weight excluding hydrogens is 997 g/mol. The van der Waals surface area contributed by atoms with Gasteiger partial charge in [0.1, 0.15) is 13.2 Å². The zero-order valence-electron chi connectivity index (χ0n) is 54.8. The molecule has 1 unspecified atom stereocenters. The van der Waals surface area contributed by atoms with E-state index in [0.29, 0.717) is 19.3 Å². The Labute approximate surface area is 506 Å². The van der Waals surface area contributed by atoms with E-state index in [-0.39, 0.29) is 31.1 Å². The van der Waals surface area contributed by atoms with Gasteiger partial charge in [-0.25, -0.2) is 0 Å². The van der Waals surface area contributed by atoms with Gasteiger partial charge >= 0.3 is 17.9 Å². The number of hydrogen-bond acceptors (Lipinski definition) is 6. The second-order valence-corrected chi connectivity index (χ2v) is 24.8. The molecule has 0 saturated heterocycles. The average Bonchev–Trinajstić information content (AvgIpc) is 3.47. The number of esters is 3. The number of carbonyl (C=O) groups is 3. The fraction of sp³-hybridized carbons (Fsp3) is 0.880. The summed E-state index contributed by atoms with van der Waals surface area (Å²) in [6, 6.07) is 0. The maximum Gasteiger partial charge on any atom is 0.306 e. The largest absolute Gasteiger partial charge is 0.462 e. The summed E-state index contributed by atoms with van der Waals surface area (Å²) >= 11 is 0. The van der Waals surface area contributed by atoms with Gasteiger partial charge in [-0.1, -0.05) is 327 Å². The van der Waals surface area contributed by atoms with Gasteiger partial charge in [0, 0.05) is 19.3 Å². The molecule has 0 aliphatic rings. The van der Waals surface area contributed by atoms with Gasteiger partial charge in [-0.2, -0.15) is 0 Å². The quantitative estimate of drug-likeness (QED) is 0.0261. The lowest BCUT2D eigenvalue weighted by Gasteiger charge is -2.18. The third kappa shape index (κ3) is 68.3. The van der Waals surface area contributed by atoms with Crippen molar-refractivity contribution in [1.29, 1.82) is 0 Å². The van der Waals surface area contributed by atoms with Crippen molar-refractivity contribution in [2.24, 2.45) is 0 Å². The van der Waals surface area contributed by atoms with E-state index in [1.54, 1.807) is 0 Å². The summed E-state index contributed by atoms with van der Waals surface area (Å²) in [5.74, 6) is -0.853. The highest BCUT2D eigenvalue weighted by molar-refractivity contribution is 5.71. The zero-order valence-corrected chi connectivity index (χ0v) is 54.8. The van der Waals surface area contributed by atoms with Gasteiger partial charge in [-0.05, 0) is 96.3 Å². The van der Waals surface area contributed by atoms with E-state index in [9.17, 15) is 14.4 Å². The summed E-state index contributed by atoms with van der Waals surface area (Å²) in [4.78, 5) is 38.5. The van der Waals surface area contributed by atoms with Crippen LogP contribution in [0.2, 0.25) is 0 Å². The molecule has 0 radical (unpaired) electrons. The zero-order chi connectivity index (χ0) is 58.5. The van der Waals surface area contributed by atoms with E-state index >= 15 is 0 Å². The third-order valence-corrected chi connectivity index (χ3v) is 16.6. The average molecular weight is 1140 g/mol. The maximum absolute atomic E-state index is 13.0. The molecule has 81 heavy (non-hydrogen) atoms. The van der Waals surface area contributed by atoms with Crippen LogP contribution in [0.15, 0.2) is 36.5 Å². The molecule has 476 valence electrons. The van der Waals surface area contributed by atoms with Crippen LogP contribution in [0.3, 0.4) is 0 Å². The van der Waals surface area contributed by atoms with Crippen molar-refractivity contribution in [1.82, 2.24) is 0 Å². The monoisotopic (exact) mass is 1140 g/mol. The lowest BCUT2D eigenvalue weighted by atomic mass is 10.0. The second kappa shape index (κ2) is 70.1. The highest BCUT2D eigenvalue weighted by Gasteiger charge is 2.19. The summed E-state index contributed by atoms with van der Waals surface area (Å²) in [7, 11) is 0. The standard InChI is InChI=1S/C75H140O6/c1-4-7-10-13-16-19-22-25-28-30-32-33-34-35-36-37-38-39-40-41-43-44-47-50-53-56-59-62-65-68-74(77)80-71-72(70-79-73(76)67-64-61-58-55-52-49-46-27-24-21-18-15-12-9-6-3)81-75(78)69-66-63-60-57-54-51-48-45-42-31-29-26-23-20-17-14-11-8-5-2/h26-27,29-30,32,46,72H,4-25,28,31,33-45,47-71H2,1-3H3/b29-26-,32-30-,46-27-. The number of ether oxygens (including phenoxy) is 3. The van der Waals surface area contributed by atoms with Crippen LogP contribution in [0.1, 0.15) is 406 Å². The first-order chi connectivity index (χ1) is 40.0. The lowest BCUT2D eigenvalue weighted by Crippen LogP contribution is -2.30. The molecule has 0 N–H and O–H groups in total. The summed E-state index contributed by atoms with van der Waals surface area (Å²) in [5.41, 5.74) is 0. The number of rotatable bonds is 68. The Bertz CT molecular complexity index is 1350. The van der Waals surface area contributed by atoms with Gasteiger partial charge in [-0.15, -0.1) is 0 Å². The maximum atomic E-state index is 13.0. The van der Waals surface area contributed by atoms with Crippen molar-refractivity contribution < 1.29 is 28.6 Å². The minimum absolute atomic E-state index is 0.0710. The minimum atomic E-state index is -0.776. The highest BCUT2D eigenvalue weighted by Crippen LogP contribution is 2.18. The van der Waals surface area contributed by atoms with Crippen LogP contribution in [0, 0.1) is 0 Å². The molecule has 0 rings (SSSR count). The predicted octanol–water partition coefficient (Wildman–Crippen LogP) is 25.1. The molecule has 0 aliphatic heterocycles. The normalized spacial score (nSPS) is 12.2. The third-order valence-electron chi connectivity index (χ3n) is 16.6. The fourth-order valence-electron chi connectivity index (χ4n) is 11.1. The summed E-state index contributed by atoms with van der Waals surface area (Å²) < 4.78 is 17.0. The second-order valence-electron chi connectivity index (χ2n) is 24.8. The first kappa shape index (κ1) is 78.6. The van der Waals surface area contributed by atoms with Crippen LogP contribution in [0.4, 0.5) is 0 Å². The van der Waals surface area contributed by atoms with Crippen molar-refractivity contribution in [3.63, 3.8) is 0 Å². The first-order valence-corrected chi connectivity index (χ1v) is 36.5. The molecule has 0 heterocycles. The van der Waals surface area contributed by atoms with Crippen LogP contribution >= 0.6 is 0 Å². The number of hydrogen-bond donors (Lipinski definition) is 0. The van der Waals surface area contributed by atoms with Crippen molar-refractivity contribution in [2.45, 2.75) is 412 Å². The molecule has 0 saturated carbocycles. The van der Waals surface area contributed by atoms with Gasteiger partial charge in [0.25, 0.3) is 0 Å². The van der Waals surface area contributed by atoms with Crippen molar-refractivity contribution in [3.05, 3.63) is 36.5 Å². The van der Waals surface area contributed by atoms with Crippen LogP contribution in [0.5, 0.6) is 0 Å². The number of allylic oxidation sites excluding steroid dienone is 6. The first-order valence-electron chi connectivity index (χ1n) is 36.5.